The highest BCUT2D eigenvalue weighted by atomic mass is 19.2. The maximum atomic E-state index is 14.4. The van der Waals surface area contributed by atoms with E-state index in [1.807, 2.05) is 6.92 Å². The van der Waals surface area contributed by atoms with Crippen molar-refractivity contribution in [3.63, 3.8) is 0 Å². The molecule has 2 fully saturated rings. The van der Waals surface area contributed by atoms with Crippen LogP contribution < -0.4 is 0 Å². The van der Waals surface area contributed by atoms with Crippen LogP contribution in [0.3, 0.4) is 0 Å². The standard InChI is InChI=1S/C18H32F2O/c1-3-5-6-13-7-9-14(10-8-13)15-11-12-16(21-4-2)18(20)17(15)19/h13-18H,3-12H2,1-2H3. The average Bonchev–Trinajstić information content (AvgIpc) is 2.51. The summed E-state index contributed by atoms with van der Waals surface area (Å²) in [6.07, 6.45) is 6.80. The lowest BCUT2D eigenvalue weighted by molar-refractivity contribution is -0.0845. The molecule has 2 saturated carbocycles. The molecule has 0 aromatic carbocycles. The number of rotatable bonds is 6. The largest absolute Gasteiger partial charge is 0.375 e. The summed E-state index contributed by atoms with van der Waals surface area (Å²) in [4.78, 5) is 0. The van der Waals surface area contributed by atoms with Gasteiger partial charge in [-0.3, -0.25) is 0 Å². The summed E-state index contributed by atoms with van der Waals surface area (Å²) in [5.74, 6) is 1.17. The predicted molar refractivity (Wildman–Crippen MR) is 82.9 cm³/mol. The summed E-state index contributed by atoms with van der Waals surface area (Å²) in [6, 6.07) is 0. The predicted octanol–water partition coefficient (Wildman–Crippen LogP) is 5.47. The second kappa shape index (κ2) is 8.45. The number of hydrogen-bond acceptors (Lipinski definition) is 1. The van der Waals surface area contributed by atoms with E-state index in [0.717, 1.165) is 25.2 Å². The molecule has 2 aliphatic carbocycles. The van der Waals surface area contributed by atoms with Crippen molar-refractivity contribution in [2.45, 2.75) is 90.1 Å². The van der Waals surface area contributed by atoms with Crippen molar-refractivity contribution < 1.29 is 13.5 Å². The van der Waals surface area contributed by atoms with Crippen molar-refractivity contribution in [3.05, 3.63) is 0 Å². The molecular formula is C18H32F2O. The van der Waals surface area contributed by atoms with Gasteiger partial charge in [0.1, 0.15) is 6.17 Å². The maximum absolute atomic E-state index is 14.4. The Labute approximate surface area is 128 Å². The van der Waals surface area contributed by atoms with Gasteiger partial charge in [-0.05, 0) is 50.4 Å². The summed E-state index contributed by atoms with van der Waals surface area (Å²) < 4.78 is 34.0. The Bertz CT molecular complexity index is 289. The number of alkyl halides is 2. The molecule has 0 aliphatic heterocycles. The molecule has 1 nitrogen and oxygen atoms in total. The Morgan fingerprint density at radius 1 is 0.905 bits per heavy atom. The quantitative estimate of drug-likeness (QED) is 0.632. The van der Waals surface area contributed by atoms with Crippen molar-refractivity contribution in [2.24, 2.45) is 17.8 Å². The monoisotopic (exact) mass is 302 g/mol. The van der Waals surface area contributed by atoms with Crippen LogP contribution in [0, 0.1) is 17.8 Å². The van der Waals surface area contributed by atoms with Gasteiger partial charge >= 0.3 is 0 Å². The lowest BCUT2D eigenvalue weighted by atomic mass is 9.69. The molecule has 0 radical (unpaired) electrons. The van der Waals surface area contributed by atoms with Gasteiger partial charge in [0.25, 0.3) is 0 Å². The topological polar surface area (TPSA) is 9.23 Å². The third kappa shape index (κ3) is 4.40. The first-order chi connectivity index (χ1) is 10.2. The Morgan fingerprint density at radius 2 is 1.62 bits per heavy atom. The van der Waals surface area contributed by atoms with E-state index < -0.39 is 18.4 Å². The zero-order valence-corrected chi connectivity index (χ0v) is 13.7. The fourth-order valence-corrected chi connectivity index (χ4v) is 4.40. The highest BCUT2D eigenvalue weighted by Gasteiger charge is 2.44. The smallest absolute Gasteiger partial charge is 0.157 e. The molecule has 0 amide bonds. The van der Waals surface area contributed by atoms with E-state index in [4.69, 9.17) is 4.74 Å². The number of hydrogen-bond donors (Lipinski definition) is 0. The van der Waals surface area contributed by atoms with Crippen LogP contribution in [0.2, 0.25) is 0 Å². The van der Waals surface area contributed by atoms with Gasteiger partial charge in [0.15, 0.2) is 6.17 Å². The molecule has 4 unspecified atom stereocenters. The van der Waals surface area contributed by atoms with E-state index in [2.05, 4.69) is 6.92 Å². The number of unbranched alkanes of at least 4 members (excludes halogenated alkanes) is 1. The van der Waals surface area contributed by atoms with E-state index in [-0.39, 0.29) is 5.92 Å². The first-order valence-corrected chi connectivity index (χ1v) is 9.07. The van der Waals surface area contributed by atoms with Crippen LogP contribution in [-0.2, 0) is 4.74 Å². The number of halogens is 2. The average molecular weight is 302 g/mol. The molecular weight excluding hydrogens is 270 g/mol. The van der Waals surface area contributed by atoms with Crippen molar-refractivity contribution in [1.29, 1.82) is 0 Å². The third-order valence-corrected chi connectivity index (χ3v) is 5.70. The first-order valence-electron chi connectivity index (χ1n) is 9.07. The normalized spacial score (nSPS) is 41.1. The van der Waals surface area contributed by atoms with Crippen molar-refractivity contribution in [3.8, 4) is 0 Å². The molecule has 0 spiro atoms. The fraction of sp³-hybridized carbons (Fsp3) is 1.00. The summed E-state index contributed by atoms with van der Waals surface area (Å²) in [5, 5.41) is 0. The van der Waals surface area contributed by atoms with E-state index in [0.29, 0.717) is 18.9 Å². The molecule has 21 heavy (non-hydrogen) atoms. The molecule has 0 saturated heterocycles. The maximum Gasteiger partial charge on any atom is 0.157 e. The summed E-state index contributed by atoms with van der Waals surface area (Å²) in [5.41, 5.74) is 0. The van der Waals surface area contributed by atoms with Crippen LogP contribution in [0.25, 0.3) is 0 Å². The van der Waals surface area contributed by atoms with E-state index >= 15 is 0 Å². The van der Waals surface area contributed by atoms with Crippen LogP contribution in [0.1, 0.15) is 71.6 Å². The molecule has 0 aromatic rings. The Kier molecular flexibility index (Phi) is 6.91. The summed E-state index contributed by atoms with van der Waals surface area (Å²) in [7, 11) is 0. The minimum absolute atomic E-state index is 0.0659. The second-order valence-corrected chi connectivity index (χ2v) is 7.05. The molecule has 0 bridgehead atoms. The van der Waals surface area contributed by atoms with Crippen LogP contribution in [0.4, 0.5) is 8.78 Å². The van der Waals surface area contributed by atoms with Gasteiger partial charge in [-0.1, -0.05) is 39.0 Å². The van der Waals surface area contributed by atoms with Gasteiger partial charge in [-0.2, -0.15) is 0 Å². The van der Waals surface area contributed by atoms with Gasteiger partial charge < -0.3 is 4.74 Å². The summed E-state index contributed by atoms with van der Waals surface area (Å²) in [6.45, 7) is 4.56. The molecule has 2 rings (SSSR count). The van der Waals surface area contributed by atoms with Gasteiger partial charge in [0.05, 0.1) is 6.10 Å². The van der Waals surface area contributed by atoms with Crippen molar-refractivity contribution >= 4 is 0 Å². The molecule has 0 heterocycles. The minimum atomic E-state index is -1.42. The lowest BCUT2D eigenvalue weighted by Gasteiger charge is -2.41. The minimum Gasteiger partial charge on any atom is -0.375 e. The van der Waals surface area contributed by atoms with Gasteiger partial charge in [-0.25, -0.2) is 8.78 Å². The highest BCUT2D eigenvalue weighted by Crippen LogP contribution is 2.43. The van der Waals surface area contributed by atoms with Gasteiger partial charge in [-0.15, -0.1) is 0 Å². The third-order valence-electron chi connectivity index (χ3n) is 5.70. The molecule has 0 N–H and O–H groups in total. The molecule has 2 aliphatic rings. The van der Waals surface area contributed by atoms with Crippen molar-refractivity contribution in [2.75, 3.05) is 6.61 Å². The molecule has 3 heteroatoms. The first kappa shape index (κ1) is 17.2. The highest BCUT2D eigenvalue weighted by molar-refractivity contribution is 4.93. The Morgan fingerprint density at radius 3 is 2.24 bits per heavy atom. The second-order valence-electron chi connectivity index (χ2n) is 7.05. The SMILES string of the molecule is CCCCC1CCC(C2CCC(OCC)C(F)C2F)CC1. The molecule has 0 aromatic heterocycles. The lowest BCUT2D eigenvalue weighted by Crippen LogP contribution is -2.45. The van der Waals surface area contributed by atoms with E-state index in [1.165, 1.54) is 32.1 Å². The Hall–Kier alpha value is -0.180. The van der Waals surface area contributed by atoms with Crippen LogP contribution in [-0.4, -0.2) is 25.1 Å². The van der Waals surface area contributed by atoms with Gasteiger partial charge in [0.2, 0.25) is 0 Å². The molecule has 4 atom stereocenters. The van der Waals surface area contributed by atoms with E-state index in [9.17, 15) is 8.78 Å². The summed E-state index contributed by atoms with van der Waals surface area (Å²) >= 11 is 0. The number of ether oxygens (including phenoxy) is 1. The van der Waals surface area contributed by atoms with Crippen LogP contribution >= 0.6 is 0 Å². The Balaban J connectivity index is 1.81. The molecule has 124 valence electrons. The zero-order valence-electron chi connectivity index (χ0n) is 13.7. The van der Waals surface area contributed by atoms with Crippen LogP contribution in [0.15, 0.2) is 0 Å². The van der Waals surface area contributed by atoms with E-state index in [1.54, 1.807) is 0 Å². The van der Waals surface area contributed by atoms with Crippen LogP contribution in [0.5, 0.6) is 0 Å². The van der Waals surface area contributed by atoms with Gasteiger partial charge in [0, 0.05) is 6.61 Å². The fourth-order valence-electron chi connectivity index (χ4n) is 4.40. The van der Waals surface area contributed by atoms with Crippen molar-refractivity contribution in [1.82, 2.24) is 0 Å². The zero-order chi connectivity index (χ0) is 15.2.